The Morgan fingerprint density at radius 2 is 1.93 bits per heavy atom. The molecule has 1 aromatic rings. The third-order valence-corrected chi connectivity index (χ3v) is 3.26. The van der Waals surface area contributed by atoms with Gasteiger partial charge in [0.2, 0.25) is 0 Å². The summed E-state index contributed by atoms with van der Waals surface area (Å²) in [6.07, 6.45) is 0. The molecule has 1 heterocycles. The highest BCUT2D eigenvalue weighted by atomic mass is 15.2. The normalized spacial score (nSPS) is 31.9. The zero-order valence-corrected chi connectivity index (χ0v) is 8.51. The van der Waals surface area contributed by atoms with Gasteiger partial charge in [0, 0.05) is 12.0 Å². The van der Waals surface area contributed by atoms with Gasteiger partial charge in [0.1, 0.15) is 6.04 Å². The first kappa shape index (κ1) is 9.23. The molecule has 1 aliphatic rings. The van der Waals surface area contributed by atoms with Gasteiger partial charge in [-0.3, -0.25) is 4.90 Å². The van der Waals surface area contributed by atoms with Gasteiger partial charge in [-0.2, -0.15) is 5.26 Å². The molecule has 1 aromatic carbocycles. The van der Waals surface area contributed by atoms with Crippen LogP contribution in [0.15, 0.2) is 30.3 Å². The summed E-state index contributed by atoms with van der Waals surface area (Å²) in [6, 6.07) is 13.2. The fourth-order valence-electron chi connectivity index (χ4n) is 2.23. The Labute approximate surface area is 84.8 Å². The molecule has 1 saturated heterocycles. The number of hydrogen-bond donors (Lipinski definition) is 0. The van der Waals surface area contributed by atoms with Crippen LogP contribution in [0.2, 0.25) is 0 Å². The number of likely N-dealkylation sites (tertiary alicyclic amines) is 1. The van der Waals surface area contributed by atoms with Gasteiger partial charge in [0.25, 0.3) is 0 Å². The van der Waals surface area contributed by atoms with Crippen LogP contribution in [0, 0.1) is 11.3 Å². The summed E-state index contributed by atoms with van der Waals surface area (Å²) in [6.45, 7) is 2.17. The van der Waals surface area contributed by atoms with Gasteiger partial charge in [-0.1, -0.05) is 30.3 Å². The quantitative estimate of drug-likeness (QED) is 0.670. The van der Waals surface area contributed by atoms with E-state index in [1.54, 1.807) is 0 Å². The maximum absolute atomic E-state index is 9.01. The Balaban J connectivity index is 2.25. The van der Waals surface area contributed by atoms with Crippen molar-refractivity contribution >= 4 is 0 Å². The Morgan fingerprint density at radius 3 is 2.50 bits per heavy atom. The summed E-state index contributed by atoms with van der Waals surface area (Å²) in [5.74, 6) is 0.381. The Morgan fingerprint density at radius 1 is 1.29 bits per heavy atom. The molecule has 0 bridgehead atoms. The largest absolute Gasteiger partial charge is 0.287 e. The van der Waals surface area contributed by atoms with Crippen molar-refractivity contribution in [1.29, 1.82) is 5.26 Å². The highest BCUT2D eigenvalue weighted by Gasteiger charge is 2.44. The van der Waals surface area contributed by atoms with Crippen molar-refractivity contribution in [2.45, 2.75) is 24.9 Å². The van der Waals surface area contributed by atoms with Gasteiger partial charge in [0.15, 0.2) is 0 Å². The van der Waals surface area contributed by atoms with Crippen molar-refractivity contribution in [3.05, 3.63) is 35.9 Å². The molecule has 0 unspecified atom stereocenters. The van der Waals surface area contributed by atoms with Crippen LogP contribution in [0.1, 0.15) is 18.4 Å². The van der Waals surface area contributed by atoms with Crippen LogP contribution in [0.3, 0.4) is 0 Å². The van der Waals surface area contributed by atoms with E-state index in [0.29, 0.717) is 12.0 Å². The molecule has 0 radical (unpaired) electrons. The van der Waals surface area contributed by atoms with Crippen molar-refractivity contribution in [3.63, 3.8) is 0 Å². The summed E-state index contributed by atoms with van der Waals surface area (Å²) in [4.78, 5) is 2.12. The second-order valence-corrected chi connectivity index (χ2v) is 3.92. The van der Waals surface area contributed by atoms with Crippen LogP contribution in [0.25, 0.3) is 0 Å². The molecule has 1 fully saturated rings. The summed E-state index contributed by atoms with van der Waals surface area (Å²) in [7, 11) is 2.01. The van der Waals surface area contributed by atoms with E-state index in [-0.39, 0.29) is 6.04 Å². The van der Waals surface area contributed by atoms with Gasteiger partial charge >= 0.3 is 0 Å². The van der Waals surface area contributed by atoms with Crippen LogP contribution >= 0.6 is 0 Å². The van der Waals surface area contributed by atoms with Gasteiger partial charge in [-0.25, -0.2) is 0 Å². The van der Waals surface area contributed by atoms with Crippen LogP contribution in [0.4, 0.5) is 0 Å². The number of benzene rings is 1. The monoisotopic (exact) mass is 186 g/mol. The van der Waals surface area contributed by atoms with E-state index in [2.05, 4.69) is 30.0 Å². The first-order chi connectivity index (χ1) is 6.75. The predicted octanol–water partition coefficient (Wildman–Crippen LogP) is 2.00. The molecular weight excluding hydrogens is 172 g/mol. The van der Waals surface area contributed by atoms with Crippen LogP contribution < -0.4 is 0 Å². The molecule has 72 valence electrons. The lowest BCUT2D eigenvalue weighted by atomic mass is 9.77. The van der Waals surface area contributed by atoms with Gasteiger partial charge in [-0.05, 0) is 19.5 Å². The van der Waals surface area contributed by atoms with E-state index >= 15 is 0 Å². The lowest BCUT2D eigenvalue weighted by Gasteiger charge is -2.48. The number of likely N-dealkylation sites (N-methyl/N-ethyl adjacent to an activating group) is 1. The standard InChI is InChI=1S/C12H14N2/c1-9-12(11(8-13)14(9)2)10-6-4-3-5-7-10/h3-7,9,11-12H,1-2H3/t9-,11-,12-/m1/s1. The number of rotatable bonds is 1. The molecule has 1 aliphatic heterocycles. The first-order valence-corrected chi connectivity index (χ1v) is 4.92. The molecule has 0 aliphatic carbocycles. The van der Waals surface area contributed by atoms with E-state index in [0.717, 1.165) is 0 Å². The minimum atomic E-state index is 0.0485. The number of nitrogens with zero attached hydrogens (tertiary/aromatic N) is 2. The van der Waals surface area contributed by atoms with Crippen molar-refractivity contribution < 1.29 is 0 Å². The second-order valence-electron chi connectivity index (χ2n) is 3.92. The first-order valence-electron chi connectivity index (χ1n) is 4.92. The lowest BCUT2D eigenvalue weighted by molar-refractivity contribution is 0.0587. The van der Waals surface area contributed by atoms with E-state index in [4.69, 9.17) is 5.26 Å². The molecule has 2 nitrogen and oxygen atoms in total. The van der Waals surface area contributed by atoms with E-state index in [1.807, 2.05) is 25.2 Å². The molecule has 0 spiro atoms. The Kier molecular flexibility index (Phi) is 2.26. The average Bonchev–Trinajstić information content (AvgIpc) is 2.25. The molecular formula is C12H14N2. The molecule has 0 N–H and O–H groups in total. The average molecular weight is 186 g/mol. The van der Waals surface area contributed by atoms with E-state index in [9.17, 15) is 0 Å². The third kappa shape index (κ3) is 1.21. The predicted molar refractivity (Wildman–Crippen MR) is 55.8 cm³/mol. The topological polar surface area (TPSA) is 27.0 Å². The molecule has 0 amide bonds. The highest BCUT2D eigenvalue weighted by molar-refractivity contribution is 5.30. The van der Waals surface area contributed by atoms with E-state index in [1.165, 1.54) is 5.56 Å². The van der Waals surface area contributed by atoms with Gasteiger partial charge in [-0.15, -0.1) is 0 Å². The van der Waals surface area contributed by atoms with Crippen molar-refractivity contribution in [2.24, 2.45) is 0 Å². The highest BCUT2D eigenvalue weighted by Crippen LogP contribution is 2.38. The van der Waals surface area contributed by atoms with Crippen molar-refractivity contribution in [3.8, 4) is 6.07 Å². The number of nitriles is 1. The third-order valence-electron chi connectivity index (χ3n) is 3.26. The van der Waals surface area contributed by atoms with Crippen LogP contribution in [-0.4, -0.2) is 24.0 Å². The zero-order valence-electron chi connectivity index (χ0n) is 8.51. The molecule has 2 rings (SSSR count). The lowest BCUT2D eigenvalue weighted by Crippen LogP contribution is -2.58. The summed E-state index contributed by atoms with van der Waals surface area (Å²) in [5.41, 5.74) is 1.28. The summed E-state index contributed by atoms with van der Waals surface area (Å²) in [5, 5.41) is 9.01. The van der Waals surface area contributed by atoms with Gasteiger partial charge < -0.3 is 0 Å². The van der Waals surface area contributed by atoms with Crippen molar-refractivity contribution in [1.82, 2.24) is 4.90 Å². The maximum atomic E-state index is 9.01. The van der Waals surface area contributed by atoms with E-state index < -0.39 is 0 Å². The smallest absolute Gasteiger partial charge is 0.106 e. The van der Waals surface area contributed by atoms with Crippen LogP contribution in [-0.2, 0) is 0 Å². The summed E-state index contributed by atoms with van der Waals surface area (Å²) < 4.78 is 0. The minimum Gasteiger partial charge on any atom is -0.287 e. The van der Waals surface area contributed by atoms with Crippen LogP contribution in [0.5, 0.6) is 0 Å². The molecule has 2 heteroatoms. The molecule has 14 heavy (non-hydrogen) atoms. The zero-order chi connectivity index (χ0) is 10.1. The Hall–Kier alpha value is -1.33. The van der Waals surface area contributed by atoms with Gasteiger partial charge in [0.05, 0.1) is 6.07 Å². The van der Waals surface area contributed by atoms with Crippen molar-refractivity contribution in [2.75, 3.05) is 7.05 Å². The number of hydrogen-bond acceptors (Lipinski definition) is 2. The summed E-state index contributed by atoms with van der Waals surface area (Å²) >= 11 is 0. The fraction of sp³-hybridized carbons (Fsp3) is 0.417. The maximum Gasteiger partial charge on any atom is 0.106 e. The minimum absolute atomic E-state index is 0.0485. The second kappa shape index (κ2) is 3.43. The SMILES string of the molecule is C[C@@H]1[C@H](c2ccccc2)[C@@H](C#N)N1C. The molecule has 3 atom stereocenters. The molecule has 0 aromatic heterocycles. The fourth-order valence-corrected chi connectivity index (χ4v) is 2.23. The molecule has 0 saturated carbocycles. The Bertz CT molecular complexity index is 352.